The van der Waals surface area contributed by atoms with Crippen LogP contribution in [0.3, 0.4) is 0 Å². The number of hydrogen-bond acceptors (Lipinski definition) is 5. The second-order valence-electron chi connectivity index (χ2n) is 4.20. The first-order valence-corrected chi connectivity index (χ1v) is 9.41. The Bertz CT molecular complexity index is 624. The molecule has 0 bridgehead atoms. The van der Waals surface area contributed by atoms with Gasteiger partial charge in [-0.25, -0.2) is 16.8 Å². The van der Waals surface area contributed by atoms with E-state index in [0.717, 1.165) is 18.4 Å². The van der Waals surface area contributed by atoms with E-state index in [1.165, 1.54) is 0 Å². The molecule has 0 aliphatic heterocycles. The van der Waals surface area contributed by atoms with Crippen molar-refractivity contribution in [2.24, 2.45) is 0 Å². The molecule has 8 heteroatoms. The number of anilines is 1. The van der Waals surface area contributed by atoms with Crippen molar-refractivity contribution in [2.75, 3.05) is 22.6 Å². The maximum atomic E-state index is 11.7. The highest BCUT2D eigenvalue weighted by Gasteiger charge is 2.19. The fraction of sp³-hybridized carbons (Fsp3) is 0.455. The molecule has 1 rings (SSSR count). The summed E-state index contributed by atoms with van der Waals surface area (Å²) in [6, 6.07) is 6.86. The van der Waals surface area contributed by atoms with E-state index in [0.29, 0.717) is 12.2 Å². The number of sulfonamides is 1. The predicted molar refractivity (Wildman–Crippen MR) is 76.1 cm³/mol. The lowest BCUT2D eigenvalue weighted by molar-refractivity contribution is 0.595. The second-order valence-corrected chi connectivity index (χ2v) is 8.43. The lowest BCUT2D eigenvalue weighted by Gasteiger charge is -2.12. The van der Waals surface area contributed by atoms with Gasteiger partial charge in [0.25, 0.3) is 0 Å². The van der Waals surface area contributed by atoms with E-state index in [1.807, 2.05) is 6.92 Å². The lowest BCUT2D eigenvalue weighted by Crippen LogP contribution is -2.23. The molecule has 0 unspecified atom stereocenters. The van der Waals surface area contributed by atoms with Crippen molar-refractivity contribution in [3.05, 3.63) is 29.8 Å². The van der Waals surface area contributed by atoms with Crippen molar-refractivity contribution in [3.8, 4) is 0 Å². The smallest absolute Gasteiger partial charge is 0.247 e. The Kier molecular flexibility index (Phi) is 5.33. The van der Waals surface area contributed by atoms with Crippen LogP contribution in [-0.4, -0.2) is 34.7 Å². The molecule has 0 spiro atoms. The summed E-state index contributed by atoms with van der Waals surface area (Å²) in [4.78, 5) is 0. The first-order chi connectivity index (χ1) is 8.73. The summed E-state index contributed by atoms with van der Waals surface area (Å²) in [5.41, 5.74) is 1.16. The quantitative estimate of drug-likeness (QED) is 0.767. The maximum Gasteiger partial charge on any atom is 0.247 e. The molecule has 6 nitrogen and oxygen atoms in total. The fourth-order valence-electron chi connectivity index (χ4n) is 1.51. The van der Waals surface area contributed by atoms with Crippen LogP contribution in [-0.2, 0) is 26.4 Å². The van der Waals surface area contributed by atoms with Crippen LogP contribution >= 0.6 is 0 Å². The standard InChI is InChI=1S/C11H18N2O4S2/c1-3-12-8-10-6-4-5-7-11(10)13-19(16,17)9-18(2,14)15/h4-7,12-13H,3,8-9H2,1-2H3. The summed E-state index contributed by atoms with van der Waals surface area (Å²) in [5.74, 6) is 0. The molecular weight excluding hydrogens is 288 g/mol. The van der Waals surface area contributed by atoms with Crippen LogP contribution in [0.25, 0.3) is 0 Å². The van der Waals surface area contributed by atoms with Gasteiger partial charge in [0.2, 0.25) is 10.0 Å². The number of benzene rings is 1. The minimum Gasteiger partial charge on any atom is -0.313 e. The SMILES string of the molecule is CCNCc1ccccc1NS(=O)(=O)CS(C)(=O)=O. The molecule has 19 heavy (non-hydrogen) atoms. The first kappa shape index (κ1) is 15.9. The average Bonchev–Trinajstić information content (AvgIpc) is 2.24. The van der Waals surface area contributed by atoms with E-state index < -0.39 is 24.9 Å². The Morgan fingerprint density at radius 3 is 2.32 bits per heavy atom. The van der Waals surface area contributed by atoms with Crippen molar-refractivity contribution < 1.29 is 16.8 Å². The van der Waals surface area contributed by atoms with E-state index in [1.54, 1.807) is 24.3 Å². The van der Waals surface area contributed by atoms with Gasteiger partial charge < -0.3 is 5.32 Å². The third kappa shape index (κ3) is 6.04. The highest BCUT2D eigenvalue weighted by atomic mass is 32.3. The molecule has 0 atom stereocenters. The third-order valence-electron chi connectivity index (χ3n) is 2.22. The molecule has 0 heterocycles. The van der Waals surface area contributed by atoms with Crippen molar-refractivity contribution in [1.29, 1.82) is 0 Å². The van der Waals surface area contributed by atoms with Gasteiger partial charge >= 0.3 is 0 Å². The number of rotatable bonds is 7. The number of nitrogens with one attached hydrogen (secondary N) is 2. The van der Waals surface area contributed by atoms with Gasteiger partial charge in [0.15, 0.2) is 14.9 Å². The average molecular weight is 306 g/mol. The zero-order chi connectivity index (χ0) is 14.5. The van der Waals surface area contributed by atoms with Crippen LogP contribution in [0.5, 0.6) is 0 Å². The molecular formula is C11H18N2O4S2. The van der Waals surface area contributed by atoms with Gasteiger partial charge in [-0.05, 0) is 18.2 Å². The molecule has 0 saturated carbocycles. The minimum atomic E-state index is -3.91. The first-order valence-electron chi connectivity index (χ1n) is 5.70. The van der Waals surface area contributed by atoms with Crippen LogP contribution in [0.4, 0.5) is 5.69 Å². The minimum absolute atomic E-state index is 0.395. The topological polar surface area (TPSA) is 92.3 Å². The Balaban J connectivity index is 2.93. The molecule has 2 N–H and O–H groups in total. The zero-order valence-electron chi connectivity index (χ0n) is 10.9. The summed E-state index contributed by atoms with van der Waals surface area (Å²) >= 11 is 0. The second kappa shape index (κ2) is 6.36. The highest BCUT2D eigenvalue weighted by Crippen LogP contribution is 2.16. The summed E-state index contributed by atoms with van der Waals surface area (Å²) in [7, 11) is -7.50. The summed E-state index contributed by atoms with van der Waals surface area (Å²) in [5, 5.41) is 2.16. The zero-order valence-corrected chi connectivity index (χ0v) is 12.5. The number of sulfone groups is 1. The predicted octanol–water partition coefficient (Wildman–Crippen LogP) is 0.540. The number of para-hydroxylation sites is 1. The third-order valence-corrected chi connectivity index (χ3v) is 5.70. The van der Waals surface area contributed by atoms with Crippen LogP contribution in [0.2, 0.25) is 0 Å². The molecule has 1 aromatic carbocycles. The van der Waals surface area contributed by atoms with Crippen LogP contribution < -0.4 is 10.0 Å². The van der Waals surface area contributed by atoms with E-state index in [4.69, 9.17) is 0 Å². The lowest BCUT2D eigenvalue weighted by atomic mass is 10.2. The monoisotopic (exact) mass is 306 g/mol. The van der Waals surface area contributed by atoms with Gasteiger partial charge in [-0.1, -0.05) is 25.1 Å². The Morgan fingerprint density at radius 1 is 1.11 bits per heavy atom. The van der Waals surface area contributed by atoms with Crippen molar-refractivity contribution in [1.82, 2.24) is 5.32 Å². The fourth-order valence-corrected chi connectivity index (χ4v) is 4.54. The van der Waals surface area contributed by atoms with E-state index in [2.05, 4.69) is 10.0 Å². The highest BCUT2D eigenvalue weighted by molar-refractivity contribution is 8.08. The van der Waals surface area contributed by atoms with Gasteiger partial charge in [-0.3, -0.25) is 4.72 Å². The molecule has 0 amide bonds. The normalized spacial score (nSPS) is 12.3. The Hall–Kier alpha value is -1.12. The largest absolute Gasteiger partial charge is 0.313 e. The van der Waals surface area contributed by atoms with E-state index in [-0.39, 0.29) is 0 Å². The molecule has 0 fully saturated rings. The molecule has 108 valence electrons. The van der Waals surface area contributed by atoms with Crippen LogP contribution in [0, 0.1) is 0 Å². The van der Waals surface area contributed by atoms with Crippen molar-refractivity contribution >= 4 is 25.5 Å². The maximum absolute atomic E-state index is 11.7. The molecule has 0 aliphatic rings. The summed E-state index contributed by atoms with van der Waals surface area (Å²) < 4.78 is 47.9. The molecule has 0 aliphatic carbocycles. The van der Waals surface area contributed by atoms with Crippen LogP contribution in [0.1, 0.15) is 12.5 Å². The van der Waals surface area contributed by atoms with Gasteiger partial charge in [0, 0.05) is 12.8 Å². The van der Waals surface area contributed by atoms with E-state index >= 15 is 0 Å². The van der Waals surface area contributed by atoms with Crippen molar-refractivity contribution in [2.45, 2.75) is 13.5 Å². The van der Waals surface area contributed by atoms with Crippen molar-refractivity contribution in [3.63, 3.8) is 0 Å². The number of hydrogen-bond donors (Lipinski definition) is 2. The Labute approximate surface area is 114 Å². The van der Waals surface area contributed by atoms with E-state index in [9.17, 15) is 16.8 Å². The van der Waals surface area contributed by atoms with Gasteiger partial charge in [-0.2, -0.15) is 0 Å². The summed E-state index contributed by atoms with van der Waals surface area (Å²) in [6.07, 6.45) is 0.886. The summed E-state index contributed by atoms with van der Waals surface area (Å²) in [6.45, 7) is 3.20. The molecule has 0 aromatic heterocycles. The van der Waals surface area contributed by atoms with Gasteiger partial charge in [-0.15, -0.1) is 0 Å². The van der Waals surface area contributed by atoms with Gasteiger partial charge in [0.1, 0.15) is 0 Å². The molecule has 0 radical (unpaired) electrons. The Morgan fingerprint density at radius 2 is 1.74 bits per heavy atom. The van der Waals surface area contributed by atoms with Gasteiger partial charge in [0.05, 0.1) is 5.69 Å². The molecule has 0 saturated heterocycles. The van der Waals surface area contributed by atoms with Crippen LogP contribution in [0.15, 0.2) is 24.3 Å². The molecule has 1 aromatic rings.